The van der Waals surface area contributed by atoms with E-state index in [4.69, 9.17) is 0 Å². The SMILES string of the molecule is C=C(C)CC1(C(=O)O)CCC(C)(C)CC1. The summed E-state index contributed by atoms with van der Waals surface area (Å²) in [5.41, 5.74) is 0.771. The third-order valence-corrected chi connectivity index (χ3v) is 3.65. The third kappa shape index (κ3) is 2.83. The van der Waals surface area contributed by atoms with Crippen molar-refractivity contribution in [3.63, 3.8) is 0 Å². The van der Waals surface area contributed by atoms with Gasteiger partial charge in [-0.2, -0.15) is 0 Å². The van der Waals surface area contributed by atoms with E-state index in [1.165, 1.54) is 0 Å². The Bertz CT molecular complexity index is 266. The van der Waals surface area contributed by atoms with Crippen molar-refractivity contribution in [3.8, 4) is 0 Å². The van der Waals surface area contributed by atoms with Crippen LogP contribution in [0.3, 0.4) is 0 Å². The number of carbonyl (C=O) groups is 1. The maximum absolute atomic E-state index is 11.4. The minimum absolute atomic E-state index is 0.314. The molecule has 0 heterocycles. The highest BCUT2D eigenvalue weighted by Gasteiger charge is 2.43. The second-order valence-electron chi connectivity index (χ2n) is 5.88. The summed E-state index contributed by atoms with van der Waals surface area (Å²) in [4.78, 5) is 11.4. The molecule has 0 atom stereocenters. The molecule has 0 unspecified atom stereocenters. The van der Waals surface area contributed by atoms with Crippen molar-refractivity contribution >= 4 is 5.97 Å². The van der Waals surface area contributed by atoms with Gasteiger partial charge in [0.15, 0.2) is 0 Å². The van der Waals surface area contributed by atoms with E-state index in [9.17, 15) is 9.90 Å². The van der Waals surface area contributed by atoms with Gasteiger partial charge >= 0.3 is 5.97 Å². The van der Waals surface area contributed by atoms with Crippen LogP contribution in [-0.4, -0.2) is 11.1 Å². The smallest absolute Gasteiger partial charge is 0.309 e. The van der Waals surface area contributed by atoms with Gasteiger partial charge in [-0.25, -0.2) is 0 Å². The predicted molar refractivity (Wildman–Crippen MR) is 61.7 cm³/mol. The largest absolute Gasteiger partial charge is 0.481 e. The van der Waals surface area contributed by atoms with Crippen LogP contribution in [0.4, 0.5) is 0 Å². The first-order valence-corrected chi connectivity index (χ1v) is 5.65. The lowest BCUT2D eigenvalue weighted by Crippen LogP contribution is -2.37. The quantitative estimate of drug-likeness (QED) is 0.722. The van der Waals surface area contributed by atoms with Gasteiger partial charge in [0.1, 0.15) is 0 Å². The molecule has 0 aromatic carbocycles. The lowest BCUT2D eigenvalue weighted by atomic mass is 9.63. The Morgan fingerprint density at radius 1 is 1.27 bits per heavy atom. The van der Waals surface area contributed by atoms with Gasteiger partial charge in [0, 0.05) is 0 Å². The van der Waals surface area contributed by atoms with Crippen LogP contribution in [0.1, 0.15) is 52.9 Å². The molecule has 2 nitrogen and oxygen atoms in total. The molecule has 86 valence electrons. The molecule has 0 amide bonds. The maximum Gasteiger partial charge on any atom is 0.309 e. The normalized spacial score (nSPS) is 23.4. The van der Waals surface area contributed by atoms with E-state index in [0.29, 0.717) is 11.8 Å². The molecule has 2 heteroatoms. The summed E-state index contributed by atoms with van der Waals surface area (Å²) in [6, 6.07) is 0. The van der Waals surface area contributed by atoms with Gasteiger partial charge in [-0.3, -0.25) is 4.79 Å². The summed E-state index contributed by atoms with van der Waals surface area (Å²) >= 11 is 0. The summed E-state index contributed by atoms with van der Waals surface area (Å²) in [7, 11) is 0. The molecule has 0 aromatic heterocycles. The van der Waals surface area contributed by atoms with Crippen molar-refractivity contribution in [2.75, 3.05) is 0 Å². The van der Waals surface area contributed by atoms with Gasteiger partial charge < -0.3 is 5.11 Å². The van der Waals surface area contributed by atoms with Crippen molar-refractivity contribution in [1.29, 1.82) is 0 Å². The lowest BCUT2D eigenvalue weighted by Gasteiger charge is -2.41. The molecule has 0 bridgehead atoms. The van der Waals surface area contributed by atoms with Gasteiger partial charge in [-0.05, 0) is 44.4 Å². The molecule has 15 heavy (non-hydrogen) atoms. The van der Waals surface area contributed by atoms with E-state index in [2.05, 4.69) is 20.4 Å². The molecule has 1 N–H and O–H groups in total. The van der Waals surface area contributed by atoms with Crippen molar-refractivity contribution in [2.24, 2.45) is 10.8 Å². The highest BCUT2D eigenvalue weighted by Crippen LogP contribution is 2.48. The van der Waals surface area contributed by atoms with Gasteiger partial charge in [0.25, 0.3) is 0 Å². The fourth-order valence-electron chi connectivity index (χ4n) is 2.45. The first-order valence-electron chi connectivity index (χ1n) is 5.65. The summed E-state index contributed by atoms with van der Waals surface area (Å²) < 4.78 is 0. The average Bonchev–Trinajstić information content (AvgIpc) is 2.08. The monoisotopic (exact) mass is 210 g/mol. The first-order chi connectivity index (χ1) is 6.77. The third-order valence-electron chi connectivity index (χ3n) is 3.65. The molecule has 1 aliphatic carbocycles. The number of allylic oxidation sites excluding steroid dienone is 1. The second kappa shape index (κ2) is 3.99. The van der Waals surface area contributed by atoms with Crippen LogP contribution in [0.15, 0.2) is 12.2 Å². The van der Waals surface area contributed by atoms with Crippen LogP contribution in [0.5, 0.6) is 0 Å². The van der Waals surface area contributed by atoms with E-state index in [0.717, 1.165) is 31.3 Å². The number of carboxylic acids is 1. The van der Waals surface area contributed by atoms with E-state index in [-0.39, 0.29) is 0 Å². The zero-order chi connectivity index (χ0) is 11.7. The number of hydrogen-bond acceptors (Lipinski definition) is 1. The standard InChI is InChI=1S/C13H22O2/c1-10(2)9-13(11(14)15)7-5-12(3,4)6-8-13/h1,5-9H2,2-4H3,(H,14,15). The van der Waals surface area contributed by atoms with Crippen LogP contribution in [0.2, 0.25) is 0 Å². The molecule has 1 aliphatic rings. The molecular formula is C13H22O2. The van der Waals surface area contributed by atoms with Crippen molar-refractivity contribution < 1.29 is 9.90 Å². The zero-order valence-corrected chi connectivity index (χ0v) is 10.1. The van der Waals surface area contributed by atoms with E-state index in [1.807, 2.05) is 6.92 Å². The minimum Gasteiger partial charge on any atom is -0.481 e. The highest BCUT2D eigenvalue weighted by molar-refractivity contribution is 5.75. The van der Waals surface area contributed by atoms with Crippen molar-refractivity contribution in [3.05, 3.63) is 12.2 Å². The first kappa shape index (κ1) is 12.3. The molecule has 0 spiro atoms. The topological polar surface area (TPSA) is 37.3 Å². The highest BCUT2D eigenvalue weighted by atomic mass is 16.4. The molecule has 0 aliphatic heterocycles. The fraction of sp³-hybridized carbons (Fsp3) is 0.769. The zero-order valence-electron chi connectivity index (χ0n) is 10.1. The van der Waals surface area contributed by atoms with E-state index < -0.39 is 11.4 Å². The minimum atomic E-state index is -0.638. The molecule has 1 rings (SSSR count). The van der Waals surface area contributed by atoms with Gasteiger partial charge in [0.05, 0.1) is 5.41 Å². The molecule has 0 radical (unpaired) electrons. The van der Waals surface area contributed by atoms with Crippen LogP contribution < -0.4 is 0 Å². The maximum atomic E-state index is 11.4. The lowest BCUT2D eigenvalue weighted by molar-refractivity contribution is -0.152. The summed E-state index contributed by atoms with van der Waals surface area (Å²) in [6.45, 7) is 10.2. The predicted octanol–water partition coefficient (Wildman–Crippen LogP) is 3.62. The molecule has 0 saturated heterocycles. The van der Waals surface area contributed by atoms with Gasteiger partial charge in [-0.15, -0.1) is 6.58 Å². The van der Waals surface area contributed by atoms with Crippen molar-refractivity contribution in [2.45, 2.75) is 52.9 Å². The Morgan fingerprint density at radius 2 is 1.73 bits per heavy atom. The number of rotatable bonds is 3. The number of aliphatic carboxylic acids is 1. The summed E-state index contributed by atoms with van der Waals surface area (Å²) in [5.74, 6) is -0.638. The molecule has 1 saturated carbocycles. The Labute approximate surface area is 92.4 Å². The molecule has 0 aromatic rings. The molecular weight excluding hydrogens is 188 g/mol. The molecule has 1 fully saturated rings. The Hall–Kier alpha value is -0.790. The number of hydrogen-bond donors (Lipinski definition) is 1. The van der Waals surface area contributed by atoms with Gasteiger partial charge in [0.2, 0.25) is 0 Å². The van der Waals surface area contributed by atoms with Gasteiger partial charge in [-0.1, -0.05) is 19.4 Å². The van der Waals surface area contributed by atoms with Crippen LogP contribution in [0, 0.1) is 10.8 Å². The fourth-order valence-corrected chi connectivity index (χ4v) is 2.45. The van der Waals surface area contributed by atoms with E-state index in [1.54, 1.807) is 0 Å². The van der Waals surface area contributed by atoms with Crippen LogP contribution in [0.25, 0.3) is 0 Å². The number of carboxylic acid groups (broad SMARTS) is 1. The Balaban J connectivity index is 2.78. The Morgan fingerprint density at radius 3 is 2.07 bits per heavy atom. The second-order valence-corrected chi connectivity index (χ2v) is 5.88. The van der Waals surface area contributed by atoms with E-state index >= 15 is 0 Å². The van der Waals surface area contributed by atoms with Crippen LogP contribution >= 0.6 is 0 Å². The summed E-state index contributed by atoms with van der Waals surface area (Å²) in [6.07, 6.45) is 4.24. The van der Waals surface area contributed by atoms with Crippen molar-refractivity contribution in [1.82, 2.24) is 0 Å². The average molecular weight is 210 g/mol. The summed E-state index contributed by atoms with van der Waals surface area (Å²) in [5, 5.41) is 9.37. The Kier molecular flexibility index (Phi) is 3.27. The van der Waals surface area contributed by atoms with Crippen LogP contribution in [-0.2, 0) is 4.79 Å².